The highest BCUT2D eigenvalue weighted by Crippen LogP contribution is 2.06. The van der Waals surface area contributed by atoms with Crippen LogP contribution in [0.1, 0.15) is 30.1 Å². The van der Waals surface area contributed by atoms with Gasteiger partial charge in [-0.3, -0.25) is 4.79 Å². The number of carboxylic acid groups (broad SMARTS) is 1. The Bertz CT molecular complexity index is 401. The van der Waals surface area contributed by atoms with Crippen molar-refractivity contribution in [3.63, 3.8) is 0 Å². The summed E-state index contributed by atoms with van der Waals surface area (Å²) < 4.78 is 0. The Morgan fingerprint density at radius 1 is 1.35 bits per heavy atom. The smallest absolute Gasteiger partial charge is 0.326 e. The SMILES string of the molecule is CCCC(NC(=O)c1ccc(N)cc1)C(=O)O. The first kappa shape index (κ1) is 13.0. The van der Waals surface area contributed by atoms with Crippen LogP contribution in [0.4, 0.5) is 5.69 Å². The number of carbonyl (C=O) groups excluding carboxylic acids is 1. The largest absolute Gasteiger partial charge is 0.480 e. The zero-order valence-corrected chi connectivity index (χ0v) is 9.64. The molecule has 4 N–H and O–H groups in total. The number of hydrogen-bond donors (Lipinski definition) is 3. The molecule has 0 fully saturated rings. The molecule has 0 bridgehead atoms. The molecule has 1 unspecified atom stereocenters. The Morgan fingerprint density at radius 2 is 1.94 bits per heavy atom. The van der Waals surface area contributed by atoms with Gasteiger partial charge in [0.15, 0.2) is 0 Å². The van der Waals surface area contributed by atoms with Crippen molar-refractivity contribution in [3.05, 3.63) is 29.8 Å². The van der Waals surface area contributed by atoms with E-state index < -0.39 is 17.9 Å². The molecule has 0 saturated carbocycles. The fourth-order valence-electron chi connectivity index (χ4n) is 1.42. The summed E-state index contributed by atoms with van der Waals surface area (Å²) in [6.07, 6.45) is 1.11. The molecule has 92 valence electrons. The molecular weight excluding hydrogens is 220 g/mol. The van der Waals surface area contributed by atoms with Crippen LogP contribution in [0, 0.1) is 0 Å². The second-order valence-electron chi connectivity index (χ2n) is 3.77. The van der Waals surface area contributed by atoms with E-state index in [-0.39, 0.29) is 0 Å². The predicted octanol–water partition coefficient (Wildman–Crippen LogP) is 1.25. The highest BCUT2D eigenvalue weighted by Gasteiger charge is 2.19. The topological polar surface area (TPSA) is 92.4 Å². The molecule has 1 atom stereocenters. The number of aliphatic carboxylic acids is 1. The number of carbonyl (C=O) groups is 2. The zero-order chi connectivity index (χ0) is 12.8. The number of amides is 1. The number of carboxylic acids is 1. The molecule has 0 saturated heterocycles. The third kappa shape index (κ3) is 3.79. The van der Waals surface area contributed by atoms with Crippen LogP contribution in [-0.2, 0) is 4.79 Å². The van der Waals surface area contributed by atoms with Gasteiger partial charge in [-0.1, -0.05) is 13.3 Å². The summed E-state index contributed by atoms with van der Waals surface area (Å²) >= 11 is 0. The highest BCUT2D eigenvalue weighted by molar-refractivity contribution is 5.96. The van der Waals surface area contributed by atoms with E-state index in [0.717, 1.165) is 0 Å². The third-order valence-corrected chi connectivity index (χ3v) is 2.35. The van der Waals surface area contributed by atoms with Crippen molar-refractivity contribution >= 4 is 17.6 Å². The van der Waals surface area contributed by atoms with Gasteiger partial charge >= 0.3 is 5.97 Å². The van der Waals surface area contributed by atoms with Gasteiger partial charge < -0.3 is 16.2 Å². The maximum Gasteiger partial charge on any atom is 0.326 e. The number of benzene rings is 1. The second-order valence-corrected chi connectivity index (χ2v) is 3.77. The van der Waals surface area contributed by atoms with Crippen molar-refractivity contribution in [3.8, 4) is 0 Å². The van der Waals surface area contributed by atoms with E-state index in [9.17, 15) is 9.59 Å². The molecule has 17 heavy (non-hydrogen) atoms. The first-order valence-corrected chi connectivity index (χ1v) is 5.43. The molecule has 0 aliphatic carbocycles. The van der Waals surface area contributed by atoms with Crippen LogP contribution < -0.4 is 11.1 Å². The lowest BCUT2D eigenvalue weighted by Gasteiger charge is -2.13. The first-order chi connectivity index (χ1) is 8.04. The van der Waals surface area contributed by atoms with E-state index in [2.05, 4.69) is 5.32 Å². The number of rotatable bonds is 5. The number of anilines is 1. The van der Waals surface area contributed by atoms with Crippen LogP contribution >= 0.6 is 0 Å². The average molecular weight is 236 g/mol. The number of nitrogens with one attached hydrogen (secondary N) is 1. The first-order valence-electron chi connectivity index (χ1n) is 5.43. The van der Waals surface area contributed by atoms with Crippen molar-refractivity contribution < 1.29 is 14.7 Å². The van der Waals surface area contributed by atoms with Gasteiger partial charge in [-0.2, -0.15) is 0 Å². The molecule has 1 aromatic rings. The quantitative estimate of drug-likeness (QED) is 0.671. The minimum Gasteiger partial charge on any atom is -0.480 e. The predicted molar refractivity (Wildman–Crippen MR) is 64.7 cm³/mol. The standard InChI is InChI=1S/C12H16N2O3/c1-2-3-10(12(16)17)14-11(15)8-4-6-9(13)7-5-8/h4-7,10H,2-3,13H2,1H3,(H,14,15)(H,16,17). The molecule has 5 nitrogen and oxygen atoms in total. The van der Waals surface area contributed by atoms with Crippen LogP contribution in [0.5, 0.6) is 0 Å². The number of nitrogens with two attached hydrogens (primary N) is 1. The lowest BCUT2D eigenvalue weighted by molar-refractivity contribution is -0.139. The molecule has 0 aromatic heterocycles. The van der Waals surface area contributed by atoms with E-state index >= 15 is 0 Å². The third-order valence-electron chi connectivity index (χ3n) is 2.35. The molecular formula is C12H16N2O3. The summed E-state index contributed by atoms with van der Waals surface area (Å²) in [6.45, 7) is 1.87. The summed E-state index contributed by atoms with van der Waals surface area (Å²) in [5.41, 5.74) is 6.46. The summed E-state index contributed by atoms with van der Waals surface area (Å²) in [7, 11) is 0. The van der Waals surface area contributed by atoms with Gasteiger partial charge in [0.2, 0.25) is 0 Å². The minimum atomic E-state index is -1.02. The summed E-state index contributed by atoms with van der Waals surface area (Å²) in [4.78, 5) is 22.6. The molecule has 0 radical (unpaired) electrons. The Kier molecular flexibility index (Phi) is 4.51. The maximum absolute atomic E-state index is 11.7. The van der Waals surface area contributed by atoms with Crippen LogP contribution in [0.2, 0.25) is 0 Å². The van der Waals surface area contributed by atoms with Crippen molar-refractivity contribution in [2.75, 3.05) is 5.73 Å². The molecule has 1 amide bonds. The highest BCUT2D eigenvalue weighted by atomic mass is 16.4. The minimum absolute atomic E-state index is 0.397. The van der Waals surface area contributed by atoms with Crippen LogP contribution in [0.3, 0.4) is 0 Å². The van der Waals surface area contributed by atoms with Crippen molar-refractivity contribution in [1.82, 2.24) is 5.32 Å². The molecule has 0 spiro atoms. The Balaban J connectivity index is 2.70. The Hall–Kier alpha value is -2.04. The fraction of sp³-hybridized carbons (Fsp3) is 0.333. The van der Waals surface area contributed by atoms with Gasteiger partial charge in [0.1, 0.15) is 6.04 Å². The lowest BCUT2D eigenvalue weighted by atomic mass is 10.1. The molecule has 0 aliphatic heterocycles. The fourth-order valence-corrected chi connectivity index (χ4v) is 1.42. The summed E-state index contributed by atoms with van der Waals surface area (Å²) in [5.74, 6) is -1.42. The summed E-state index contributed by atoms with van der Waals surface area (Å²) in [5, 5.41) is 11.4. The monoisotopic (exact) mass is 236 g/mol. The van der Waals surface area contributed by atoms with E-state index in [1.807, 2.05) is 6.92 Å². The lowest BCUT2D eigenvalue weighted by Crippen LogP contribution is -2.40. The zero-order valence-electron chi connectivity index (χ0n) is 9.64. The molecule has 0 heterocycles. The summed E-state index contributed by atoms with van der Waals surface area (Å²) in [6, 6.07) is 5.49. The molecule has 1 rings (SSSR count). The number of hydrogen-bond acceptors (Lipinski definition) is 3. The molecule has 1 aromatic carbocycles. The van der Waals surface area contributed by atoms with Crippen molar-refractivity contribution in [2.45, 2.75) is 25.8 Å². The van der Waals surface area contributed by atoms with E-state index in [0.29, 0.717) is 24.1 Å². The van der Waals surface area contributed by atoms with Gasteiger partial charge in [-0.25, -0.2) is 4.79 Å². The second kappa shape index (κ2) is 5.89. The number of nitrogen functional groups attached to an aromatic ring is 1. The van der Waals surface area contributed by atoms with Gasteiger partial charge in [-0.05, 0) is 30.7 Å². The van der Waals surface area contributed by atoms with Crippen molar-refractivity contribution in [1.29, 1.82) is 0 Å². The molecule has 0 aliphatic rings. The average Bonchev–Trinajstić information content (AvgIpc) is 2.29. The molecule has 5 heteroatoms. The Labute approximate surface area is 99.6 Å². The van der Waals surface area contributed by atoms with E-state index in [4.69, 9.17) is 10.8 Å². The maximum atomic E-state index is 11.7. The van der Waals surface area contributed by atoms with E-state index in [1.165, 1.54) is 0 Å². The van der Waals surface area contributed by atoms with Gasteiger partial charge in [0.25, 0.3) is 5.91 Å². The van der Waals surface area contributed by atoms with Gasteiger partial charge in [-0.15, -0.1) is 0 Å². The van der Waals surface area contributed by atoms with Crippen LogP contribution in [-0.4, -0.2) is 23.0 Å². The normalized spacial score (nSPS) is 11.8. The van der Waals surface area contributed by atoms with Gasteiger partial charge in [0, 0.05) is 11.3 Å². The van der Waals surface area contributed by atoms with Crippen LogP contribution in [0.15, 0.2) is 24.3 Å². The van der Waals surface area contributed by atoms with E-state index in [1.54, 1.807) is 24.3 Å². The van der Waals surface area contributed by atoms with Gasteiger partial charge in [0.05, 0.1) is 0 Å². The Morgan fingerprint density at radius 3 is 2.41 bits per heavy atom. The van der Waals surface area contributed by atoms with Crippen LogP contribution in [0.25, 0.3) is 0 Å². The van der Waals surface area contributed by atoms with Crippen molar-refractivity contribution in [2.24, 2.45) is 0 Å².